The number of nitrogens with zero attached hydrogens (tertiary/aromatic N) is 2. The predicted molar refractivity (Wildman–Crippen MR) is 159 cm³/mol. The average Bonchev–Trinajstić information content (AvgIpc) is 3.23. The summed E-state index contributed by atoms with van der Waals surface area (Å²) in [4.78, 5) is 31.9. The molecule has 1 aliphatic heterocycles. The van der Waals surface area contributed by atoms with Gasteiger partial charge in [0.15, 0.2) is 4.80 Å². The second kappa shape index (κ2) is 12.0. The number of carbonyl (C=O) groups excluding carboxylic acids is 1. The van der Waals surface area contributed by atoms with Crippen LogP contribution >= 0.6 is 43.2 Å². The fourth-order valence-corrected chi connectivity index (χ4v) is 6.96. The van der Waals surface area contributed by atoms with E-state index in [1.54, 1.807) is 42.7 Å². The molecule has 0 spiro atoms. The highest BCUT2D eigenvalue weighted by Crippen LogP contribution is 2.36. The summed E-state index contributed by atoms with van der Waals surface area (Å²) in [6, 6.07) is 18.8. The fraction of sp³-hybridized carbons (Fsp3) is 0.167. The Morgan fingerprint density at radius 3 is 2.45 bits per heavy atom. The van der Waals surface area contributed by atoms with Gasteiger partial charge in [-0.3, -0.25) is 9.36 Å². The molecule has 0 unspecified atom stereocenters. The number of halogens is 3. The van der Waals surface area contributed by atoms with Crippen molar-refractivity contribution in [2.75, 3.05) is 6.61 Å². The molecule has 0 N–H and O–H groups in total. The molecule has 1 aliphatic rings. The van der Waals surface area contributed by atoms with Crippen LogP contribution in [-0.4, -0.2) is 17.1 Å². The SMILES string of the molecule is CCOC(=O)C1=C(C)N=c2s/c(=C/c3cc(Br)c(OCc4ccccc4F)c(Br)c3)c(=O)n2[C@H]1c1ccccc1. The first-order valence-electron chi connectivity index (χ1n) is 12.4. The van der Waals surface area contributed by atoms with Crippen LogP contribution in [-0.2, 0) is 16.1 Å². The first-order valence-corrected chi connectivity index (χ1v) is 14.8. The van der Waals surface area contributed by atoms with Crippen LogP contribution in [0.15, 0.2) is 96.7 Å². The first kappa shape index (κ1) is 28.2. The van der Waals surface area contributed by atoms with Gasteiger partial charge in [-0.15, -0.1) is 0 Å². The predicted octanol–water partition coefficient (Wildman–Crippen LogP) is 6.04. The molecule has 204 valence electrons. The molecule has 5 rings (SSSR count). The lowest BCUT2D eigenvalue weighted by Crippen LogP contribution is -2.39. The summed E-state index contributed by atoms with van der Waals surface area (Å²) >= 11 is 8.33. The number of benzene rings is 3. The number of hydrogen-bond donors (Lipinski definition) is 0. The number of aromatic nitrogens is 1. The van der Waals surface area contributed by atoms with Crippen LogP contribution in [0.5, 0.6) is 5.75 Å². The van der Waals surface area contributed by atoms with Gasteiger partial charge >= 0.3 is 5.97 Å². The number of ether oxygens (including phenoxy) is 2. The first-order chi connectivity index (χ1) is 19.3. The van der Waals surface area contributed by atoms with Crippen LogP contribution in [0.25, 0.3) is 6.08 Å². The summed E-state index contributed by atoms with van der Waals surface area (Å²) in [7, 11) is 0. The number of esters is 1. The smallest absolute Gasteiger partial charge is 0.338 e. The Morgan fingerprint density at radius 2 is 1.77 bits per heavy atom. The maximum absolute atomic E-state index is 14.0. The van der Waals surface area contributed by atoms with Gasteiger partial charge in [0.05, 0.1) is 37.4 Å². The summed E-state index contributed by atoms with van der Waals surface area (Å²) in [5, 5.41) is 0. The van der Waals surface area contributed by atoms with Crippen molar-refractivity contribution in [3.63, 3.8) is 0 Å². The molecule has 40 heavy (non-hydrogen) atoms. The van der Waals surface area contributed by atoms with Gasteiger partial charge in [0.25, 0.3) is 5.56 Å². The minimum Gasteiger partial charge on any atom is -0.486 e. The second-order valence-corrected chi connectivity index (χ2v) is 11.6. The highest BCUT2D eigenvalue weighted by atomic mass is 79.9. The monoisotopic (exact) mass is 684 g/mol. The zero-order valence-corrected chi connectivity index (χ0v) is 25.5. The fourth-order valence-electron chi connectivity index (χ4n) is 4.46. The molecule has 0 bridgehead atoms. The normalized spacial score (nSPS) is 15.0. The Bertz CT molecular complexity index is 1790. The number of rotatable bonds is 7. The summed E-state index contributed by atoms with van der Waals surface area (Å²) < 4.78 is 28.5. The van der Waals surface area contributed by atoms with Gasteiger partial charge in [-0.25, -0.2) is 14.2 Å². The van der Waals surface area contributed by atoms with Crippen molar-refractivity contribution in [3.8, 4) is 5.75 Å². The lowest BCUT2D eigenvalue weighted by molar-refractivity contribution is -0.139. The van der Waals surface area contributed by atoms with E-state index in [1.165, 1.54) is 17.4 Å². The lowest BCUT2D eigenvalue weighted by atomic mass is 9.96. The Balaban J connectivity index is 1.55. The van der Waals surface area contributed by atoms with E-state index < -0.39 is 12.0 Å². The van der Waals surface area contributed by atoms with Crippen LogP contribution in [0.4, 0.5) is 4.39 Å². The molecule has 0 radical (unpaired) electrons. The quantitative estimate of drug-likeness (QED) is 0.223. The zero-order chi connectivity index (χ0) is 28.4. The molecule has 0 fully saturated rings. The molecular weight excluding hydrogens is 663 g/mol. The molecule has 1 aromatic heterocycles. The van der Waals surface area contributed by atoms with Crippen molar-refractivity contribution in [2.45, 2.75) is 26.5 Å². The molecule has 1 atom stereocenters. The highest BCUT2D eigenvalue weighted by Gasteiger charge is 2.33. The van der Waals surface area contributed by atoms with Gasteiger partial charge in [0, 0.05) is 5.56 Å². The third-order valence-electron chi connectivity index (χ3n) is 6.28. The van der Waals surface area contributed by atoms with Gasteiger partial charge in [-0.2, -0.15) is 0 Å². The van der Waals surface area contributed by atoms with Crippen LogP contribution in [0.1, 0.15) is 36.6 Å². The standard InChI is InChI=1S/C30H23Br2FN2O4S/c1-3-38-29(37)25-17(2)34-30-35(26(25)19-9-5-4-6-10-19)28(36)24(40-30)15-18-13-21(31)27(22(32)14-18)39-16-20-11-7-8-12-23(20)33/h4-15,26H,3,16H2,1-2H3/b24-15+/t26-/m0/s1. The van der Waals surface area contributed by atoms with Crippen molar-refractivity contribution in [1.29, 1.82) is 0 Å². The molecule has 10 heteroatoms. The molecule has 2 heterocycles. The number of thiazole rings is 1. The highest BCUT2D eigenvalue weighted by molar-refractivity contribution is 9.11. The third kappa shape index (κ3) is 5.61. The molecule has 0 saturated carbocycles. The van der Waals surface area contributed by atoms with Crippen molar-refractivity contribution in [3.05, 3.63) is 129 Å². The van der Waals surface area contributed by atoms with Crippen LogP contribution in [0, 0.1) is 5.82 Å². The molecule has 0 aliphatic carbocycles. The Kier molecular flexibility index (Phi) is 8.48. The summed E-state index contributed by atoms with van der Waals surface area (Å²) in [5.74, 6) is -0.316. The Labute approximate surface area is 250 Å². The topological polar surface area (TPSA) is 69.9 Å². The summed E-state index contributed by atoms with van der Waals surface area (Å²) in [5.41, 5.74) is 2.56. The van der Waals surface area contributed by atoms with Gasteiger partial charge in [-0.05, 0) is 81.1 Å². The number of hydrogen-bond acceptors (Lipinski definition) is 6. The van der Waals surface area contributed by atoms with Crippen LogP contribution in [0.3, 0.4) is 0 Å². The number of carbonyl (C=O) groups is 1. The van der Waals surface area contributed by atoms with Crippen LogP contribution in [0.2, 0.25) is 0 Å². The second-order valence-electron chi connectivity index (χ2n) is 8.91. The van der Waals surface area contributed by atoms with Crippen molar-refractivity contribution < 1.29 is 18.7 Å². The van der Waals surface area contributed by atoms with Crippen molar-refractivity contribution in [1.82, 2.24) is 4.57 Å². The third-order valence-corrected chi connectivity index (χ3v) is 8.44. The Morgan fingerprint density at radius 1 is 1.10 bits per heavy atom. The van der Waals surface area contributed by atoms with E-state index in [0.717, 1.165) is 11.1 Å². The van der Waals surface area contributed by atoms with Gasteiger partial charge in [-0.1, -0.05) is 59.9 Å². The van der Waals surface area contributed by atoms with E-state index in [-0.39, 0.29) is 24.6 Å². The number of fused-ring (bicyclic) bond motifs is 1. The molecule has 6 nitrogen and oxygen atoms in total. The Hall–Kier alpha value is -3.34. The molecular formula is C30H23Br2FN2O4S. The zero-order valence-electron chi connectivity index (χ0n) is 21.5. The molecule has 0 amide bonds. The maximum atomic E-state index is 14.0. The summed E-state index contributed by atoms with van der Waals surface area (Å²) in [6.45, 7) is 3.77. The van der Waals surface area contributed by atoms with E-state index in [9.17, 15) is 14.0 Å². The molecule has 3 aromatic carbocycles. The van der Waals surface area contributed by atoms with E-state index in [0.29, 0.717) is 40.9 Å². The molecule has 0 saturated heterocycles. The lowest BCUT2D eigenvalue weighted by Gasteiger charge is -2.24. The van der Waals surface area contributed by atoms with Gasteiger partial charge < -0.3 is 9.47 Å². The minimum absolute atomic E-state index is 0.0590. The summed E-state index contributed by atoms with van der Waals surface area (Å²) in [6.07, 6.45) is 1.77. The molecule has 4 aromatic rings. The van der Waals surface area contributed by atoms with Crippen molar-refractivity contribution >= 4 is 55.2 Å². The van der Waals surface area contributed by atoms with E-state index >= 15 is 0 Å². The van der Waals surface area contributed by atoms with Gasteiger partial charge in [0.1, 0.15) is 18.2 Å². The van der Waals surface area contributed by atoms with Gasteiger partial charge in [0.2, 0.25) is 0 Å². The van der Waals surface area contributed by atoms with E-state index in [1.807, 2.05) is 42.5 Å². The average molecular weight is 686 g/mol. The minimum atomic E-state index is -0.661. The van der Waals surface area contributed by atoms with E-state index in [4.69, 9.17) is 9.47 Å². The van der Waals surface area contributed by atoms with Crippen molar-refractivity contribution in [2.24, 2.45) is 4.99 Å². The number of allylic oxidation sites excluding steroid dienone is 1. The van der Waals surface area contributed by atoms with Crippen LogP contribution < -0.4 is 19.6 Å². The maximum Gasteiger partial charge on any atom is 0.338 e. The largest absolute Gasteiger partial charge is 0.486 e. The van der Waals surface area contributed by atoms with E-state index in [2.05, 4.69) is 36.9 Å².